The first-order valence-electron chi connectivity index (χ1n) is 6.63. The van der Waals surface area contributed by atoms with Gasteiger partial charge in [0.2, 0.25) is 5.91 Å². The van der Waals surface area contributed by atoms with Crippen LogP contribution >= 0.6 is 0 Å². The molecule has 0 aromatic heterocycles. The number of likely N-dealkylation sites (tertiary alicyclic amines) is 1. The highest BCUT2D eigenvalue weighted by molar-refractivity contribution is 5.77. The Bertz CT molecular complexity index is 283. The number of rotatable bonds is 6. The Morgan fingerprint density at radius 3 is 2.44 bits per heavy atom. The number of carboxylic acids is 1. The molecule has 104 valence electrons. The highest BCUT2D eigenvalue weighted by Crippen LogP contribution is 2.18. The summed E-state index contributed by atoms with van der Waals surface area (Å²) in [7, 11) is 0. The molecular formula is C13H23NO4. The maximum absolute atomic E-state index is 11.8. The number of hydrogen-bond donors (Lipinski definition) is 1. The predicted octanol–water partition coefficient (Wildman–Crippen LogP) is 1.51. The van der Waals surface area contributed by atoms with Crippen LogP contribution in [0.25, 0.3) is 0 Å². The summed E-state index contributed by atoms with van der Waals surface area (Å²) in [5.74, 6) is -0.906. The molecule has 1 aliphatic rings. The second-order valence-electron chi connectivity index (χ2n) is 5.02. The van der Waals surface area contributed by atoms with Gasteiger partial charge in [0.05, 0.1) is 12.0 Å². The number of carbonyl (C=O) groups excluding carboxylic acids is 1. The van der Waals surface area contributed by atoms with E-state index in [-0.39, 0.29) is 17.9 Å². The van der Waals surface area contributed by atoms with Crippen molar-refractivity contribution in [1.29, 1.82) is 0 Å². The van der Waals surface area contributed by atoms with Crippen molar-refractivity contribution in [2.75, 3.05) is 19.7 Å². The molecule has 0 aliphatic carbocycles. The lowest BCUT2D eigenvalue weighted by molar-refractivity contribution is -0.145. The Balaban J connectivity index is 2.18. The normalized spacial score (nSPS) is 17.2. The molecule has 0 atom stereocenters. The maximum Gasteiger partial charge on any atom is 0.306 e. The van der Waals surface area contributed by atoms with Crippen molar-refractivity contribution in [1.82, 2.24) is 4.90 Å². The summed E-state index contributed by atoms with van der Waals surface area (Å²) in [6, 6.07) is 0. The zero-order valence-corrected chi connectivity index (χ0v) is 11.2. The Morgan fingerprint density at radius 2 is 1.94 bits per heavy atom. The Labute approximate surface area is 108 Å². The number of carboxylic acid groups (broad SMARTS) is 1. The summed E-state index contributed by atoms with van der Waals surface area (Å²) in [6.07, 6.45) is 2.57. The van der Waals surface area contributed by atoms with E-state index in [0.29, 0.717) is 39.0 Å². The van der Waals surface area contributed by atoms with Crippen LogP contribution in [0.1, 0.15) is 39.5 Å². The molecule has 1 N–H and O–H groups in total. The van der Waals surface area contributed by atoms with Gasteiger partial charge in [-0.25, -0.2) is 0 Å². The zero-order chi connectivity index (χ0) is 13.5. The minimum atomic E-state index is -0.743. The largest absolute Gasteiger partial charge is 0.481 e. The number of nitrogens with zero attached hydrogens (tertiary/aromatic N) is 1. The Kier molecular flexibility index (Phi) is 6.12. The molecule has 1 amide bonds. The number of ether oxygens (including phenoxy) is 1. The SMILES string of the molecule is CC(C)OCCCC(=O)N1CCC(C(=O)O)CC1. The van der Waals surface area contributed by atoms with Crippen LogP contribution in [0, 0.1) is 5.92 Å². The van der Waals surface area contributed by atoms with E-state index in [9.17, 15) is 9.59 Å². The molecule has 0 unspecified atom stereocenters. The molecule has 0 aromatic rings. The van der Waals surface area contributed by atoms with Gasteiger partial charge >= 0.3 is 5.97 Å². The van der Waals surface area contributed by atoms with Gasteiger partial charge in [0.15, 0.2) is 0 Å². The van der Waals surface area contributed by atoms with Crippen molar-refractivity contribution in [3.63, 3.8) is 0 Å². The lowest BCUT2D eigenvalue weighted by Crippen LogP contribution is -2.40. The summed E-state index contributed by atoms with van der Waals surface area (Å²) in [5, 5.41) is 8.87. The number of hydrogen-bond acceptors (Lipinski definition) is 3. The second-order valence-corrected chi connectivity index (χ2v) is 5.02. The average molecular weight is 257 g/mol. The third kappa shape index (κ3) is 5.04. The van der Waals surface area contributed by atoms with E-state index in [2.05, 4.69) is 0 Å². The van der Waals surface area contributed by atoms with Gasteiger partial charge in [-0.15, -0.1) is 0 Å². The van der Waals surface area contributed by atoms with Crippen LogP contribution in [0.5, 0.6) is 0 Å². The van der Waals surface area contributed by atoms with Crippen LogP contribution in [0.2, 0.25) is 0 Å². The van der Waals surface area contributed by atoms with Crippen LogP contribution < -0.4 is 0 Å². The van der Waals surface area contributed by atoms with Crippen LogP contribution in [0.3, 0.4) is 0 Å². The summed E-state index contributed by atoms with van der Waals surface area (Å²) in [5.41, 5.74) is 0. The first-order valence-corrected chi connectivity index (χ1v) is 6.63. The van der Waals surface area contributed by atoms with Gasteiger partial charge in [-0.05, 0) is 33.1 Å². The minimum Gasteiger partial charge on any atom is -0.481 e. The van der Waals surface area contributed by atoms with Crippen molar-refractivity contribution in [2.24, 2.45) is 5.92 Å². The third-order valence-corrected chi connectivity index (χ3v) is 3.18. The summed E-state index contributed by atoms with van der Waals surface area (Å²) in [4.78, 5) is 24.4. The van der Waals surface area contributed by atoms with Crippen molar-refractivity contribution >= 4 is 11.9 Å². The fraction of sp³-hybridized carbons (Fsp3) is 0.846. The van der Waals surface area contributed by atoms with Crippen molar-refractivity contribution in [3.05, 3.63) is 0 Å². The Hall–Kier alpha value is -1.10. The first kappa shape index (κ1) is 15.0. The van der Waals surface area contributed by atoms with Gasteiger partial charge in [0, 0.05) is 26.1 Å². The van der Waals surface area contributed by atoms with Gasteiger partial charge < -0.3 is 14.7 Å². The molecule has 5 heteroatoms. The predicted molar refractivity (Wildman–Crippen MR) is 67.3 cm³/mol. The van der Waals surface area contributed by atoms with Gasteiger partial charge in [-0.1, -0.05) is 0 Å². The number of aliphatic carboxylic acids is 1. The van der Waals surface area contributed by atoms with Crippen molar-refractivity contribution in [2.45, 2.75) is 45.6 Å². The second kappa shape index (κ2) is 7.36. The van der Waals surface area contributed by atoms with Crippen LogP contribution in [-0.4, -0.2) is 47.7 Å². The summed E-state index contributed by atoms with van der Waals surface area (Å²) in [6.45, 7) is 5.69. The summed E-state index contributed by atoms with van der Waals surface area (Å²) >= 11 is 0. The van der Waals surface area contributed by atoms with Crippen LogP contribution in [-0.2, 0) is 14.3 Å². The smallest absolute Gasteiger partial charge is 0.306 e. The molecular weight excluding hydrogens is 234 g/mol. The van der Waals surface area contributed by atoms with E-state index >= 15 is 0 Å². The minimum absolute atomic E-state index is 0.117. The molecule has 1 aliphatic heterocycles. The topological polar surface area (TPSA) is 66.8 Å². The van der Waals surface area contributed by atoms with Crippen LogP contribution in [0.4, 0.5) is 0 Å². The molecule has 0 spiro atoms. The first-order chi connectivity index (χ1) is 8.50. The molecule has 1 heterocycles. The molecule has 18 heavy (non-hydrogen) atoms. The monoisotopic (exact) mass is 257 g/mol. The molecule has 1 saturated heterocycles. The molecule has 1 fully saturated rings. The number of amides is 1. The highest BCUT2D eigenvalue weighted by atomic mass is 16.5. The van der Waals surface area contributed by atoms with E-state index in [4.69, 9.17) is 9.84 Å². The summed E-state index contributed by atoms with van der Waals surface area (Å²) < 4.78 is 5.38. The quantitative estimate of drug-likeness (QED) is 0.732. The molecule has 5 nitrogen and oxygen atoms in total. The van der Waals surface area contributed by atoms with Crippen LogP contribution in [0.15, 0.2) is 0 Å². The van der Waals surface area contributed by atoms with Gasteiger partial charge in [-0.2, -0.15) is 0 Å². The van der Waals surface area contributed by atoms with Gasteiger partial charge in [0.1, 0.15) is 0 Å². The van der Waals surface area contributed by atoms with E-state index in [1.807, 2.05) is 13.8 Å². The van der Waals surface area contributed by atoms with Crippen molar-refractivity contribution in [3.8, 4) is 0 Å². The number of piperidine rings is 1. The van der Waals surface area contributed by atoms with Crippen molar-refractivity contribution < 1.29 is 19.4 Å². The van der Waals surface area contributed by atoms with E-state index < -0.39 is 5.97 Å². The standard InChI is InChI=1S/C13H23NO4/c1-10(2)18-9-3-4-12(15)14-7-5-11(6-8-14)13(16)17/h10-11H,3-9H2,1-2H3,(H,16,17). The van der Waals surface area contributed by atoms with E-state index in [1.54, 1.807) is 4.90 Å². The fourth-order valence-corrected chi connectivity index (χ4v) is 2.08. The third-order valence-electron chi connectivity index (χ3n) is 3.18. The molecule has 0 aromatic carbocycles. The zero-order valence-electron chi connectivity index (χ0n) is 11.2. The molecule has 0 bridgehead atoms. The van der Waals surface area contributed by atoms with E-state index in [1.165, 1.54) is 0 Å². The van der Waals surface area contributed by atoms with Gasteiger partial charge in [-0.3, -0.25) is 9.59 Å². The number of carbonyl (C=O) groups is 2. The highest BCUT2D eigenvalue weighted by Gasteiger charge is 2.26. The lowest BCUT2D eigenvalue weighted by atomic mass is 9.97. The fourth-order valence-electron chi connectivity index (χ4n) is 2.08. The Morgan fingerprint density at radius 1 is 1.33 bits per heavy atom. The lowest BCUT2D eigenvalue weighted by Gasteiger charge is -2.30. The van der Waals surface area contributed by atoms with E-state index in [0.717, 1.165) is 6.42 Å². The molecule has 1 rings (SSSR count). The maximum atomic E-state index is 11.8. The molecule has 0 radical (unpaired) electrons. The van der Waals surface area contributed by atoms with Gasteiger partial charge in [0.25, 0.3) is 0 Å². The molecule has 0 saturated carbocycles. The average Bonchev–Trinajstić information content (AvgIpc) is 2.34.